The third-order valence-corrected chi connectivity index (χ3v) is 8.34. The lowest BCUT2D eigenvalue weighted by atomic mass is 9.34. The van der Waals surface area contributed by atoms with Gasteiger partial charge in [0.2, 0.25) is 0 Å². The average Bonchev–Trinajstić information content (AvgIpc) is 3.46. The molecular formula is C32H27BO3. The predicted octanol–water partition coefficient (Wildman–Crippen LogP) is 6.41. The van der Waals surface area contributed by atoms with E-state index < -0.39 is 0 Å². The van der Waals surface area contributed by atoms with Crippen LogP contribution < -0.4 is 25.9 Å². The summed E-state index contributed by atoms with van der Waals surface area (Å²) in [5.74, 6) is 3.53. The van der Waals surface area contributed by atoms with E-state index in [1.165, 1.54) is 34.0 Å². The molecule has 0 radical (unpaired) electrons. The Hall–Kier alpha value is -3.66. The Morgan fingerprint density at radius 2 is 1.64 bits per heavy atom. The van der Waals surface area contributed by atoms with E-state index in [9.17, 15) is 0 Å². The first-order chi connectivity index (χ1) is 17.4. The van der Waals surface area contributed by atoms with Crippen LogP contribution >= 0.6 is 0 Å². The number of benzene rings is 4. The first kappa shape index (κ1) is 20.5. The number of hydrogen-bond donors (Lipinski definition) is 0. The van der Waals surface area contributed by atoms with Gasteiger partial charge in [0.15, 0.2) is 11.3 Å². The SMILES string of the molecule is Cc1cc2c3c(c1)Oc1c(ccc4c1oc1ccc5c(c14)CCC5)B3c1cc(C(C)(C)C)ccc1O2. The topological polar surface area (TPSA) is 31.6 Å². The van der Waals surface area contributed by atoms with E-state index in [4.69, 9.17) is 13.9 Å². The van der Waals surface area contributed by atoms with Crippen LogP contribution in [0.15, 0.2) is 59.0 Å². The zero-order valence-electron chi connectivity index (χ0n) is 21.1. The van der Waals surface area contributed by atoms with Crippen molar-refractivity contribution in [3.63, 3.8) is 0 Å². The Bertz CT molecular complexity index is 1770. The molecular weight excluding hydrogens is 443 g/mol. The number of furan rings is 1. The van der Waals surface area contributed by atoms with Gasteiger partial charge in [-0.05, 0) is 89.0 Å². The van der Waals surface area contributed by atoms with Gasteiger partial charge in [-0.25, -0.2) is 0 Å². The molecule has 0 unspecified atom stereocenters. The van der Waals surface area contributed by atoms with E-state index in [1.807, 2.05) is 0 Å². The predicted molar refractivity (Wildman–Crippen MR) is 147 cm³/mol. The molecule has 2 aliphatic heterocycles. The maximum atomic E-state index is 6.71. The Labute approximate surface area is 211 Å². The maximum Gasteiger partial charge on any atom is 0.260 e. The molecule has 3 aliphatic rings. The summed E-state index contributed by atoms with van der Waals surface area (Å²) in [6.07, 6.45) is 3.49. The van der Waals surface area contributed by atoms with Gasteiger partial charge in [0.25, 0.3) is 6.71 Å². The number of fused-ring (bicyclic) bond motifs is 10. The first-order valence-corrected chi connectivity index (χ1v) is 13.0. The van der Waals surface area contributed by atoms with Crippen LogP contribution in [0, 0.1) is 6.92 Å². The summed E-state index contributed by atoms with van der Waals surface area (Å²) in [6.45, 7) is 8.91. The van der Waals surface area contributed by atoms with Crippen LogP contribution in [0.4, 0.5) is 0 Å². The largest absolute Gasteiger partial charge is 0.458 e. The molecule has 0 fully saturated rings. The third kappa shape index (κ3) is 2.65. The molecule has 1 aromatic heterocycles. The molecule has 0 N–H and O–H groups in total. The summed E-state index contributed by atoms with van der Waals surface area (Å²) >= 11 is 0. The molecule has 0 atom stereocenters. The summed E-state index contributed by atoms with van der Waals surface area (Å²) in [4.78, 5) is 0. The molecule has 176 valence electrons. The molecule has 36 heavy (non-hydrogen) atoms. The highest BCUT2D eigenvalue weighted by Gasteiger charge is 2.42. The van der Waals surface area contributed by atoms with Crippen molar-refractivity contribution in [3.05, 3.63) is 76.9 Å². The van der Waals surface area contributed by atoms with Gasteiger partial charge in [-0.15, -0.1) is 0 Å². The van der Waals surface area contributed by atoms with Gasteiger partial charge in [0.1, 0.15) is 22.8 Å². The summed E-state index contributed by atoms with van der Waals surface area (Å²) in [7, 11) is 0. The zero-order chi connectivity index (χ0) is 24.3. The van der Waals surface area contributed by atoms with E-state index in [2.05, 4.69) is 82.3 Å². The van der Waals surface area contributed by atoms with Crippen LogP contribution in [0.3, 0.4) is 0 Å². The molecule has 0 bridgehead atoms. The summed E-state index contributed by atoms with van der Waals surface area (Å²) < 4.78 is 19.7. The highest BCUT2D eigenvalue weighted by molar-refractivity contribution is 6.98. The number of aryl methyl sites for hydroxylation is 3. The van der Waals surface area contributed by atoms with Gasteiger partial charge < -0.3 is 13.9 Å². The molecule has 0 saturated carbocycles. The second-order valence-corrected chi connectivity index (χ2v) is 11.7. The highest BCUT2D eigenvalue weighted by atomic mass is 16.5. The van der Waals surface area contributed by atoms with E-state index in [0.717, 1.165) is 68.9 Å². The number of ether oxygens (including phenoxy) is 2. The van der Waals surface area contributed by atoms with Gasteiger partial charge >= 0.3 is 0 Å². The van der Waals surface area contributed by atoms with Gasteiger partial charge in [0.05, 0.1) is 0 Å². The van der Waals surface area contributed by atoms with Gasteiger partial charge in [-0.1, -0.05) is 51.1 Å². The van der Waals surface area contributed by atoms with Crippen molar-refractivity contribution < 1.29 is 13.9 Å². The van der Waals surface area contributed by atoms with Crippen molar-refractivity contribution in [2.75, 3.05) is 0 Å². The van der Waals surface area contributed by atoms with Crippen molar-refractivity contribution >= 4 is 45.0 Å². The Morgan fingerprint density at radius 1 is 0.806 bits per heavy atom. The maximum absolute atomic E-state index is 6.71. The van der Waals surface area contributed by atoms with Gasteiger partial charge in [0, 0.05) is 16.2 Å². The van der Waals surface area contributed by atoms with E-state index in [1.54, 1.807) is 0 Å². The van der Waals surface area contributed by atoms with Crippen LogP contribution in [-0.4, -0.2) is 6.71 Å². The lowest BCUT2D eigenvalue weighted by molar-refractivity contribution is 0.460. The fourth-order valence-electron chi connectivity index (χ4n) is 6.57. The van der Waals surface area contributed by atoms with Crippen LogP contribution in [-0.2, 0) is 18.3 Å². The standard InChI is InChI=1S/C32H27BO3/c1-17-14-26-29-27(15-17)36-31-22(33(29)23-16-19(32(2,3)4)9-13-24(23)34-26)11-10-21-28-20-7-5-6-18(20)8-12-25(28)35-30(21)31/h8-16H,5-7H2,1-4H3. The Balaban J connectivity index is 1.44. The summed E-state index contributed by atoms with van der Waals surface area (Å²) in [6, 6.07) is 19.8. The van der Waals surface area contributed by atoms with Crippen LogP contribution in [0.2, 0.25) is 0 Å². The van der Waals surface area contributed by atoms with E-state index in [0.29, 0.717) is 0 Å². The van der Waals surface area contributed by atoms with Crippen molar-refractivity contribution in [2.45, 2.75) is 52.4 Å². The monoisotopic (exact) mass is 470 g/mol. The van der Waals surface area contributed by atoms with Crippen LogP contribution in [0.5, 0.6) is 23.0 Å². The smallest absolute Gasteiger partial charge is 0.260 e. The fourth-order valence-corrected chi connectivity index (χ4v) is 6.57. The van der Waals surface area contributed by atoms with Crippen molar-refractivity contribution in [3.8, 4) is 23.0 Å². The van der Waals surface area contributed by atoms with Crippen molar-refractivity contribution in [1.82, 2.24) is 0 Å². The molecule has 3 nitrogen and oxygen atoms in total. The Morgan fingerprint density at radius 3 is 2.47 bits per heavy atom. The molecule has 4 heteroatoms. The number of rotatable bonds is 0. The molecule has 5 aromatic rings. The van der Waals surface area contributed by atoms with Gasteiger partial charge in [-0.3, -0.25) is 0 Å². The minimum atomic E-state index is 0.0359. The van der Waals surface area contributed by atoms with Crippen molar-refractivity contribution in [1.29, 1.82) is 0 Å². The van der Waals surface area contributed by atoms with Crippen molar-refractivity contribution in [2.24, 2.45) is 0 Å². The number of hydrogen-bond acceptors (Lipinski definition) is 3. The van der Waals surface area contributed by atoms with E-state index >= 15 is 0 Å². The molecule has 0 saturated heterocycles. The lowest BCUT2D eigenvalue weighted by Gasteiger charge is -2.34. The molecule has 8 rings (SSSR count). The quantitative estimate of drug-likeness (QED) is 0.240. The minimum absolute atomic E-state index is 0.0359. The highest BCUT2D eigenvalue weighted by Crippen LogP contribution is 2.43. The van der Waals surface area contributed by atoms with Crippen LogP contribution in [0.1, 0.15) is 49.4 Å². The van der Waals surface area contributed by atoms with Crippen LogP contribution in [0.25, 0.3) is 21.9 Å². The third-order valence-electron chi connectivity index (χ3n) is 8.34. The molecule has 0 spiro atoms. The molecule has 1 aliphatic carbocycles. The van der Waals surface area contributed by atoms with Gasteiger partial charge in [-0.2, -0.15) is 0 Å². The minimum Gasteiger partial charge on any atom is -0.458 e. The second kappa shape index (κ2) is 6.76. The first-order valence-electron chi connectivity index (χ1n) is 13.0. The molecule has 4 aromatic carbocycles. The second-order valence-electron chi connectivity index (χ2n) is 11.7. The zero-order valence-corrected chi connectivity index (χ0v) is 21.1. The lowest BCUT2D eigenvalue weighted by Crippen LogP contribution is -2.57. The summed E-state index contributed by atoms with van der Waals surface area (Å²) in [5, 5.41) is 2.43. The summed E-state index contributed by atoms with van der Waals surface area (Å²) in [5.41, 5.74) is 10.6. The fraction of sp³-hybridized carbons (Fsp3) is 0.250. The van der Waals surface area contributed by atoms with E-state index in [-0.39, 0.29) is 12.1 Å². The molecule has 0 amide bonds. The Kier molecular flexibility index (Phi) is 3.85. The molecule has 3 heterocycles. The average molecular weight is 470 g/mol. The normalized spacial score (nSPS) is 15.3.